The number of carbonyl (C=O) groups is 9. The Morgan fingerprint density at radius 1 is 0.582 bits per heavy atom. The molecular weight excluding hydrogens is 1030 g/mol. The number of fused-ring (bicyclic) bond motifs is 2. The number of carboxylic acid groups (broad SMARTS) is 5. The molecule has 24 heteroatoms. The number of benzene rings is 3. The number of aliphatic carboxylic acids is 5. The lowest BCUT2D eigenvalue weighted by Gasteiger charge is -2.33. The van der Waals surface area contributed by atoms with Gasteiger partial charge in [0, 0.05) is 84.2 Å². The van der Waals surface area contributed by atoms with Gasteiger partial charge in [-0.15, -0.1) is 0 Å². The number of unbranched alkanes of at least 4 members (excludes halogenated alkanes) is 1. The van der Waals surface area contributed by atoms with Crippen molar-refractivity contribution < 1.29 is 78.5 Å². The van der Waals surface area contributed by atoms with Gasteiger partial charge in [0.25, 0.3) is 0 Å². The van der Waals surface area contributed by atoms with Crippen LogP contribution in [0.15, 0.2) is 66.9 Å². The molecule has 0 spiro atoms. The van der Waals surface area contributed by atoms with Gasteiger partial charge in [0.2, 0.25) is 23.8 Å². The Bertz CT molecular complexity index is 2520. The van der Waals surface area contributed by atoms with Crippen LogP contribution in [0.5, 0.6) is 0 Å². The number of nitrogens with zero attached hydrogens (tertiary/aromatic N) is 4. The van der Waals surface area contributed by atoms with Crippen LogP contribution in [-0.2, 0) is 49.5 Å². The van der Waals surface area contributed by atoms with Crippen molar-refractivity contribution in [3.8, 4) is 0 Å². The fourth-order valence-corrected chi connectivity index (χ4v) is 10.1. The molecule has 79 heavy (non-hydrogen) atoms. The molecule has 3 aromatic carbocycles. The second kappa shape index (κ2) is 31.9. The highest BCUT2D eigenvalue weighted by atomic mass is 16.6. The SMILES string of the molecule is C=C(O)CCC[C@@H](OC(=O)N[C@@H](CCCCNC(=O)[C@H](Cc1c2ccccc2cc2ccccc12)NC(=O)[C@H]1CC[C@H](CNC(=O)CN2CCN(CC(=O)O)CCN(CC(=O)O)CCN(CC(=O)O)CC2)CC1)C(=O)O)C(=O)O. The minimum Gasteiger partial charge on any atom is -0.513 e. The second-order valence-electron chi connectivity index (χ2n) is 20.4. The molecule has 1 heterocycles. The maximum atomic E-state index is 14.2. The van der Waals surface area contributed by atoms with Gasteiger partial charge in [-0.2, -0.15) is 0 Å². The summed E-state index contributed by atoms with van der Waals surface area (Å²) in [5.41, 5.74) is 0.868. The highest BCUT2D eigenvalue weighted by Gasteiger charge is 2.32. The summed E-state index contributed by atoms with van der Waals surface area (Å²) in [4.78, 5) is 120. The summed E-state index contributed by atoms with van der Waals surface area (Å²) < 4.78 is 4.96. The maximum absolute atomic E-state index is 14.2. The van der Waals surface area contributed by atoms with Gasteiger partial charge in [0.1, 0.15) is 12.1 Å². The fraction of sp³-hybridized carbons (Fsp3) is 0.545. The Morgan fingerprint density at radius 3 is 1.57 bits per heavy atom. The molecule has 0 radical (unpaired) electrons. The van der Waals surface area contributed by atoms with Gasteiger partial charge in [0.15, 0.2) is 0 Å². The van der Waals surface area contributed by atoms with Crippen LogP contribution in [0.4, 0.5) is 4.79 Å². The summed E-state index contributed by atoms with van der Waals surface area (Å²) >= 11 is 0. The van der Waals surface area contributed by atoms with E-state index in [-0.39, 0.29) is 134 Å². The van der Waals surface area contributed by atoms with E-state index in [1.165, 1.54) is 0 Å². The van der Waals surface area contributed by atoms with E-state index in [9.17, 15) is 73.8 Å². The lowest BCUT2D eigenvalue weighted by Crippen LogP contribution is -2.50. The van der Waals surface area contributed by atoms with Crippen LogP contribution in [0.2, 0.25) is 0 Å². The smallest absolute Gasteiger partial charge is 0.408 e. The zero-order chi connectivity index (χ0) is 57.4. The maximum Gasteiger partial charge on any atom is 0.408 e. The average molecular weight is 1110 g/mol. The number of aliphatic hydroxyl groups excluding tert-OH is 1. The first-order chi connectivity index (χ1) is 37.7. The van der Waals surface area contributed by atoms with Crippen LogP contribution in [0.25, 0.3) is 21.5 Å². The van der Waals surface area contributed by atoms with Gasteiger partial charge in [-0.1, -0.05) is 55.1 Å². The normalized spacial score (nSPS) is 18.4. The molecule has 2 fully saturated rings. The molecule has 3 atom stereocenters. The molecule has 1 aliphatic carbocycles. The molecule has 3 aromatic rings. The van der Waals surface area contributed by atoms with Crippen LogP contribution in [0, 0.1) is 11.8 Å². The van der Waals surface area contributed by atoms with Gasteiger partial charge >= 0.3 is 35.9 Å². The quantitative estimate of drug-likeness (QED) is 0.0284. The van der Waals surface area contributed by atoms with Crippen molar-refractivity contribution in [1.82, 2.24) is 40.9 Å². The molecule has 1 aliphatic heterocycles. The number of carboxylic acids is 5. The van der Waals surface area contributed by atoms with E-state index in [1.807, 2.05) is 53.4 Å². The van der Waals surface area contributed by atoms with E-state index in [2.05, 4.69) is 33.9 Å². The second-order valence-corrected chi connectivity index (χ2v) is 20.4. The summed E-state index contributed by atoms with van der Waals surface area (Å²) in [7, 11) is 0. The van der Waals surface area contributed by atoms with Gasteiger partial charge in [-0.3, -0.25) is 48.4 Å². The molecule has 0 bridgehead atoms. The third-order valence-corrected chi connectivity index (χ3v) is 14.4. The van der Waals surface area contributed by atoms with E-state index in [0.29, 0.717) is 51.7 Å². The van der Waals surface area contributed by atoms with Gasteiger partial charge in [0.05, 0.1) is 31.9 Å². The lowest BCUT2D eigenvalue weighted by atomic mass is 9.81. The molecule has 2 aliphatic rings. The number of aliphatic hydroxyl groups is 1. The van der Waals surface area contributed by atoms with Crippen molar-refractivity contribution in [3.05, 3.63) is 72.5 Å². The molecule has 0 aromatic heterocycles. The molecule has 0 unspecified atom stereocenters. The number of allylic oxidation sites excluding steroid dienone is 1. The Balaban J connectivity index is 1.17. The Kier molecular flexibility index (Phi) is 25.2. The average Bonchev–Trinajstić information content (AvgIpc) is 3.39. The molecule has 4 amide bonds. The highest BCUT2D eigenvalue weighted by Crippen LogP contribution is 2.31. The van der Waals surface area contributed by atoms with Crippen LogP contribution >= 0.6 is 0 Å². The standard InChI is InChI=1S/C55H76N8O16/c1-36(64)9-8-15-46(54(76)77)79-55(78)59-44(53(74)75)14-6-7-20-56-52(73)45(30-43-41-12-4-2-10-39(41)29-40-11-3-5-13-42(40)43)58-51(72)38-18-16-37(17-19-38)31-57-47(65)32-60-21-23-61(33-48(66)67)25-27-63(35-50(70)71)28-26-62(24-22-60)34-49(68)69/h2-5,10-13,29,37-38,44-46,64H,1,6-9,14-28,30-35H2,(H,56,73)(H,57,65)(H,58,72)(H,59,78)(H,66,67)(H,68,69)(H,70,71)(H,74,75)(H,76,77)/t37-,38-,44-,45-,46+/m0/s1. The third kappa shape index (κ3) is 21.7. The lowest BCUT2D eigenvalue weighted by molar-refractivity contribution is -0.147. The minimum atomic E-state index is -1.57. The van der Waals surface area contributed by atoms with Crippen molar-refractivity contribution in [2.45, 2.75) is 88.8 Å². The number of hydrogen-bond acceptors (Lipinski definition) is 15. The van der Waals surface area contributed by atoms with E-state index < -0.39 is 66.0 Å². The number of nitrogens with one attached hydrogen (secondary N) is 4. The molecule has 10 N–H and O–H groups in total. The predicted octanol–water partition coefficient (Wildman–Crippen LogP) is 2.58. The van der Waals surface area contributed by atoms with E-state index in [0.717, 1.165) is 27.1 Å². The third-order valence-electron chi connectivity index (χ3n) is 14.4. The highest BCUT2D eigenvalue weighted by molar-refractivity contribution is 6.03. The Labute approximate surface area is 458 Å². The van der Waals surface area contributed by atoms with Crippen LogP contribution < -0.4 is 21.3 Å². The first-order valence-corrected chi connectivity index (χ1v) is 26.8. The fourth-order valence-electron chi connectivity index (χ4n) is 10.1. The van der Waals surface area contributed by atoms with E-state index in [1.54, 1.807) is 14.7 Å². The number of rotatable bonds is 28. The molecule has 5 rings (SSSR count). The molecule has 432 valence electrons. The number of alkyl carbamates (subject to hydrolysis) is 1. The van der Waals surface area contributed by atoms with Crippen LogP contribution in [0.3, 0.4) is 0 Å². The number of carbonyl (C=O) groups excluding carboxylic acids is 4. The van der Waals surface area contributed by atoms with Crippen molar-refractivity contribution in [2.24, 2.45) is 11.8 Å². The van der Waals surface area contributed by atoms with Gasteiger partial charge in [-0.05, 0) is 96.9 Å². The monoisotopic (exact) mass is 1100 g/mol. The number of amides is 4. The zero-order valence-electron chi connectivity index (χ0n) is 44.5. The largest absolute Gasteiger partial charge is 0.513 e. The Morgan fingerprint density at radius 2 is 1.09 bits per heavy atom. The van der Waals surface area contributed by atoms with Crippen LogP contribution in [-0.4, -0.2) is 214 Å². The van der Waals surface area contributed by atoms with Crippen molar-refractivity contribution in [1.29, 1.82) is 0 Å². The van der Waals surface area contributed by atoms with Gasteiger partial charge < -0.3 is 56.6 Å². The summed E-state index contributed by atoms with van der Waals surface area (Å²) in [6.45, 7) is 5.06. The summed E-state index contributed by atoms with van der Waals surface area (Å²) in [5, 5.41) is 72.1. The summed E-state index contributed by atoms with van der Waals surface area (Å²) in [6.07, 6.45) is 0.137. The Hall–Kier alpha value is -7.41. The topological polar surface area (TPSA) is 345 Å². The molecular formula is C55H76N8O16. The van der Waals surface area contributed by atoms with Crippen LogP contribution in [0.1, 0.15) is 69.8 Å². The van der Waals surface area contributed by atoms with Crippen molar-refractivity contribution >= 4 is 75.2 Å². The summed E-state index contributed by atoms with van der Waals surface area (Å²) in [5.74, 6) is -7.51. The van der Waals surface area contributed by atoms with E-state index >= 15 is 0 Å². The zero-order valence-corrected chi connectivity index (χ0v) is 44.5. The molecule has 1 saturated carbocycles. The summed E-state index contributed by atoms with van der Waals surface area (Å²) in [6, 6.07) is 15.2. The number of ether oxygens (including phenoxy) is 1. The first-order valence-electron chi connectivity index (χ1n) is 26.8. The van der Waals surface area contributed by atoms with Gasteiger partial charge in [-0.25, -0.2) is 14.4 Å². The number of hydrogen-bond donors (Lipinski definition) is 10. The van der Waals surface area contributed by atoms with E-state index in [4.69, 9.17) is 4.74 Å². The minimum absolute atomic E-state index is 0.0291. The van der Waals surface area contributed by atoms with Crippen molar-refractivity contribution in [3.63, 3.8) is 0 Å². The predicted molar refractivity (Wildman–Crippen MR) is 289 cm³/mol. The molecule has 1 saturated heterocycles. The first kappa shape index (κ1) is 62.4. The molecule has 24 nitrogen and oxygen atoms in total. The van der Waals surface area contributed by atoms with Crippen molar-refractivity contribution in [2.75, 3.05) is 91.6 Å².